The van der Waals surface area contributed by atoms with Crippen molar-refractivity contribution in [1.82, 2.24) is 9.66 Å². The molecular weight excluding hydrogens is 420 g/mol. The minimum atomic E-state index is 0.673. The zero-order valence-electron chi connectivity index (χ0n) is 18.0. The van der Waals surface area contributed by atoms with Crippen molar-refractivity contribution in [1.29, 1.82) is 0 Å². The van der Waals surface area contributed by atoms with Crippen molar-refractivity contribution in [3.8, 4) is 22.8 Å². The van der Waals surface area contributed by atoms with E-state index < -0.39 is 0 Å². The molecule has 0 aliphatic heterocycles. The molecule has 0 amide bonds. The quantitative estimate of drug-likeness (QED) is 0.372. The van der Waals surface area contributed by atoms with Gasteiger partial charge in [0.05, 0.1) is 26.1 Å². The topological polar surface area (TPSA) is 61.0 Å². The first-order valence-corrected chi connectivity index (χ1v) is 11.1. The van der Waals surface area contributed by atoms with Crippen LogP contribution < -0.4 is 14.3 Å². The molecule has 0 N–H and O–H groups in total. The van der Waals surface area contributed by atoms with E-state index in [0.717, 1.165) is 33.8 Å². The van der Waals surface area contributed by atoms with Gasteiger partial charge in [0.1, 0.15) is 11.5 Å². The zero-order chi connectivity index (χ0) is 22.2. The number of methoxy groups -OCH3 is 2. The molecule has 2 aromatic carbocycles. The number of aromatic nitrogens is 2. The molecular formula is C25H24N4O2S. The molecule has 2 aromatic heterocycles. The Balaban J connectivity index is 1.73. The highest BCUT2D eigenvalue weighted by molar-refractivity contribution is 7.07. The van der Waals surface area contributed by atoms with E-state index in [-0.39, 0.29) is 0 Å². The summed E-state index contributed by atoms with van der Waals surface area (Å²) in [6, 6.07) is 20.0. The zero-order valence-corrected chi connectivity index (χ0v) is 18.8. The van der Waals surface area contributed by atoms with Crippen LogP contribution in [0.3, 0.4) is 0 Å². The Hall–Kier alpha value is -3.71. The number of pyridine rings is 1. The van der Waals surface area contributed by atoms with Crippen LogP contribution >= 0.6 is 11.3 Å². The number of rotatable bonds is 8. The van der Waals surface area contributed by atoms with Gasteiger partial charge in [-0.15, -0.1) is 11.3 Å². The molecule has 32 heavy (non-hydrogen) atoms. The fourth-order valence-corrected chi connectivity index (χ4v) is 4.07. The monoisotopic (exact) mass is 444 g/mol. The van der Waals surface area contributed by atoms with Crippen LogP contribution in [0.25, 0.3) is 11.3 Å². The Morgan fingerprint density at radius 3 is 2.66 bits per heavy atom. The van der Waals surface area contributed by atoms with Crippen molar-refractivity contribution in [2.45, 2.75) is 6.42 Å². The molecule has 162 valence electrons. The minimum Gasteiger partial charge on any atom is -0.497 e. The van der Waals surface area contributed by atoms with Gasteiger partial charge in [0.25, 0.3) is 0 Å². The molecule has 0 unspecified atom stereocenters. The molecule has 0 fully saturated rings. The summed E-state index contributed by atoms with van der Waals surface area (Å²) in [5.41, 5.74) is 3.98. The fraction of sp³-hybridized carbons (Fsp3) is 0.160. The third-order valence-corrected chi connectivity index (χ3v) is 5.72. The lowest BCUT2D eigenvalue weighted by atomic mass is 10.1. The second-order valence-electron chi connectivity index (χ2n) is 6.93. The van der Waals surface area contributed by atoms with E-state index in [1.54, 1.807) is 44.2 Å². The molecule has 0 spiro atoms. The Bertz CT molecular complexity index is 1250. The molecule has 0 saturated heterocycles. The molecule has 0 atom stereocenters. The molecule has 0 aliphatic carbocycles. The van der Waals surface area contributed by atoms with E-state index in [9.17, 15) is 0 Å². The van der Waals surface area contributed by atoms with Crippen LogP contribution in [-0.2, 0) is 6.42 Å². The molecule has 0 aliphatic rings. The Morgan fingerprint density at radius 1 is 1.03 bits per heavy atom. The fourth-order valence-electron chi connectivity index (χ4n) is 3.22. The summed E-state index contributed by atoms with van der Waals surface area (Å²) in [5, 5.41) is 6.79. The average molecular weight is 445 g/mol. The maximum absolute atomic E-state index is 5.63. The highest BCUT2D eigenvalue weighted by atomic mass is 32.1. The Labute approximate surface area is 191 Å². The van der Waals surface area contributed by atoms with Gasteiger partial charge in [0.15, 0.2) is 0 Å². The molecule has 0 saturated carbocycles. The first-order valence-electron chi connectivity index (χ1n) is 10.2. The third-order valence-electron chi connectivity index (χ3n) is 4.87. The smallest absolute Gasteiger partial charge is 0.206 e. The van der Waals surface area contributed by atoms with Gasteiger partial charge in [-0.25, -0.2) is 4.68 Å². The van der Waals surface area contributed by atoms with Gasteiger partial charge >= 0.3 is 0 Å². The normalized spacial score (nSPS) is 11.8. The predicted octanol–water partition coefficient (Wildman–Crippen LogP) is 4.65. The summed E-state index contributed by atoms with van der Waals surface area (Å²) in [6.45, 7) is 0.673. The number of hydrogen-bond acceptors (Lipinski definition) is 6. The van der Waals surface area contributed by atoms with Crippen LogP contribution in [0, 0.1) is 0 Å². The standard InChI is InChI=1S/C25H24N4O2S/c1-30-21-10-11-22(24(15-21)31-2)23-18-32-25(27-14-12-19-7-4-3-5-8-19)29(23)28-17-20-9-6-13-26-16-20/h3-11,13,15-18H,12,14H2,1-2H3. The van der Waals surface area contributed by atoms with Crippen LogP contribution in [-0.4, -0.2) is 36.6 Å². The summed E-state index contributed by atoms with van der Waals surface area (Å²) in [7, 11) is 3.29. The molecule has 2 heterocycles. The Morgan fingerprint density at radius 2 is 1.91 bits per heavy atom. The number of nitrogens with zero attached hydrogens (tertiary/aromatic N) is 4. The summed E-state index contributed by atoms with van der Waals surface area (Å²) >= 11 is 1.55. The van der Waals surface area contributed by atoms with Crippen LogP contribution in [0.5, 0.6) is 11.5 Å². The van der Waals surface area contributed by atoms with Gasteiger partial charge in [-0.2, -0.15) is 5.10 Å². The van der Waals surface area contributed by atoms with E-state index in [0.29, 0.717) is 12.3 Å². The van der Waals surface area contributed by atoms with Gasteiger partial charge in [0.2, 0.25) is 4.80 Å². The number of ether oxygens (including phenoxy) is 2. The van der Waals surface area contributed by atoms with Gasteiger partial charge in [-0.1, -0.05) is 36.4 Å². The lowest BCUT2D eigenvalue weighted by Gasteiger charge is -2.11. The van der Waals surface area contributed by atoms with E-state index in [1.807, 2.05) is 58.6 Å². The maximum atomic E-state index is 5.63. The number of benzene rings is 2. The molecule has 4 rings (SSSR count). The Kier molecular flexibility index (Phi) is 7.09. The average Bonchev–Trinajstić information content (AvgIpc) is 3.26. The molecule has 6 nitrogen and oxygen atoms in total. The molecule has 7 heteroatoms. The van der Waals surface area contributed by atoms with Gasteiger partial charge in [-0.3, -0.25) is 9.98 Å². The van der Waals surface area contributed by atoms with E-state index in [4.69, 9.17) is 19.6 Å². The van der Waals surface area contributed by atoms with Crippen LogP contribution in [0.15, 0.2) is 88.5 Å². The largest absolute Gasteiger partial charge is 0.497 e. The highest BCUT2D eigenvalue weighted by Crippen LogP contribution is 2.33. The van der Waals surface area contributed by atoms with E-state index in [2.05, 4.69) is 17.1 Å². The van der Waals surface area contributed by atoms with Crippen molar-refractivity contribution >= 4 is 17.6 Å². The van der Waals surface area contributed by atoms with Crippen molar-refractivity contribution in [2.75, 3.05) is 20.8 Å². The van der Waals surface area contributed by atoms with Gasteiger partial charge < -0.3 is 9.47 Å². The summed E-state index contributed by atoms with van der Waals surface area (Å²) < 4.78 is 12.8. The van der Waals surface area contributed by atoms with Crippen molar-refractivity contribution in [3.05, 3.63) is 94.4 Å². The molecule has 4 aromatic rings. The summed E-state index contributed by atoms with van der Waals surface area (Å²) in [4.78, 5) is 9.81. The lowest BCUT2D eigenvalue weighted by Crippen LogP contribution is -2.13. The second-order valence-corrected chi connectivity index (χ2v) is 7.77. The first-order chi connectivity index (χ1) is 15.8. The van der Waals surface area contributed by atoms with Gasteiger partial charge in [-0.05, 0) is 30.2 Å². The van der Waals surface area contributed by atoms with Crippen molar-refractivity contribution in [2.24, 2.45) is 10.1 Å². The maximum Gasteiger partial charge on any atom is 0.206 e. The third kappa shape index (κ3) is 5.12. The van der Waals surface area contributed by atoms with E-state index >= 15 is 0 Å². The summed E-state index contributed by atoms with van der Waals surface area (Å²) in [5.74, 6) is 1.45. The first kappa shape index (κ1) is 21.5. The molecule has 0 bridgehead atoms. The van der Waals surface area contributed by atoms with Gasteiger partial charge in [0, 0.05) is 41.5 Å². The van der Waals surface area contributed by atoms with Crippen LogP contribution in [0.2, 0.25) is 0 Å². The van der Waals surface area contributed by atoms with E-state index in [1.165, 1.54) is 5.56 Å². The van der Waals surface area contributed by atoms with Crippen LogP contribution in [0.1, 0.15) is 11.1 Å². The lowest BCUT2D eigenvalue weighted by molar-refractivity contribution is 0.395. The highest BCUT2D eigenvalue weighted by Gasteiger charge is 2.13. The number of hydrogen-bond donors (Lipinski definition) is 0. The second kappa shape index (κ2) is 10.5. The SMILES string of the molecule is COc1ccc(-c2csc(=NCCc3ccccc3)n2N=Cc2cccnc2)c(OC)c1. The van der Waals surface area contributed by atoms with Crippen LogP contribution in [0.4, 0.5) is 0 Å². The minimum absolute atomic E-state index is 0.673. The number of thiazole rings is 1. The summed E-state index contributed by atoms with van der Waals surface area (Å²) in [6.07, 6.45) is 6.17. The van der Waals surface area contributed by atoms with Crippen molar-refractivity contribution < 1.29 is 9.47 Å². The molecule has 0 radical (unpaired) electrons. The predicted molar refractivity (Wildman–Crippen MR) is 129 cm³/mol. The van der Waals surface area contributed by atoms with Crippen molar-refractivity contribution in [3.63, 3.8) is 0 Å².